The van der Waals surface area contributed by atoms with Crippen LogP contribution >= 0.6 is 23.4 Å². The lowest BCUT2D eigenvalue weighted by Crippen LogP contribution is -2.58. The second-order valence-corrected chi connectivity index (χ2v) is 11.7. The predicted octanol–water partition coefficient (Wildman–Crippen LogP) is 3.53. The van der Waals surface area contributed by atoms with E-state index in [1.54, 1.807) is 58.8 Å². The van der Waals surface area contributed by atoms with Crippen molar-refractivity contribution in [3.05, 3.63) is 41.9 Å². The van der Waals surface area contributed by atoms with Gasteiger partial charge in [0.05, 0.1) is 46.5 Å². The number of anilines is 1. The number of aliphatic hydroxyl groups is 1. The average Bonchev–Trinajstić information content (AvgIpc) is 3.46. The fourth-order valence-electron chi connectivity index (χ4n) is 6.11. The number of esters is 1. The lowest BCUT2D eigenvalue weighted by Gasteiger charge is -2.40. The van der Waals surface area contributed by atoms with E-state index in [1.807, 2.05) is 13.8 Å². The van der Waals surface area contributed by atoms with Crippen LogP contribution in [0.5, 0.6) is 0 Å². The van der Waals surface area contributed by atoms with Crippen molar-refractivity contribution in [3.63, 3.8) is 0 Å². The van der Waals surface area contributed by atoms with E-state index in [0.29, 0.717) is 17.1 Å². The first-order valence-electron chi connectivity index (χ1n) is 12.2. The van der Waals surface area contributed by atoms with Gasteiger partial charge in [0.1, 0.15) is 6.04 Å². The van der Waals surface area contributed by atoms with Crippen molar-refractivity contribution < 1.29 is 24.2 Å². The first kappa shape index (κ1) is 26.0. The van der Waals surface area contributed by atoms with Crippen molar-refractivity contribution in [2.24, 2.45) is 17.8 Å². The van der Waals surface area contributed by atoms with E-state index in [-0.39, 0.29) is 48.7 Å². The number of carbonyl (C=O) groups is 3. The first-order valence-corrected chi connectivity index (χ1v) is 13.4. The third-order valence-electron chi connectivity index (χ3n) is 7.57. The van der Waals surface area contributed by atoms with Crippen LogP contribution in [0.1, 0.15) is 33.6 Å². The molecule has 1 N–H and O–H groups in total. The maximum atomic E-state index is 14.4. The Labute approximate surface area is 215 Å². The van der Waals surface area contributed by atoms with E-state index in [2.05, 4.69) is 6.58 Å². The zero-order valence-corrected chi connectivity index (χ0v) is 21.9. The Bertz CT molecular complexity index is 1020. The highest BCUT2D eigenvalue weighted by atomic mass is 35.5. The highest BCUT2D eigenvalue weighted by Gasteiger charge is 2.75. The number of para-hydroxylation sites is 1. The van der Waals surface area contributed by atoms with E-state index in [1.165, 1.54) is 0 Å². The molecule has 0 aromatic heterocycles. The summed E-state index contributed by atoms with van der Waals surface area (Å²) in [5.74, 6) is -2.25. The fraction of sp³-hybridized carbons (Fsp3) is 0.577. The topological polar surface area (TPSA) is 87.2 Å². The largest absolute Gasteiger partial charge is 0.466 e. The third kappa shape index (κ3) is 4.07. The number of hydrogen-bond acceptors (Lipinski definition) is 6. The van der Waals surface area contributed by atoms with Gasteiger partial charge in [-0.2, -0.15) is 0 Å². The molecular formula is C26H33ClN2O5S. The molecule has 7 nitrogen and oxygen atoms in total. The minimum absolute atomic E-state index is 0.0692. The SMILES string of the molecule is C=CCN(C(=O)C1N([C@@H](CO)C(C)C)C(=O)[C@@H]2[C@H](C(=O)OCC)[C@@H]3CCC12S3)c1ccccc1Cl. The van der Waals surface area contributed by atoms with Gasteiger partial charge in [-0.25, -0.2) is 0 Å². The molecule has 1 aromatic rings. The number of ether oxygens (including phenoxy) is 1. The van der Waals surface area contributed by atoms with Crippen LogP contribution in [0, 0.1) is 17.8 Å². The third-order valence-corrected chi connectivity index (χ3v) is 9.84. The molecule has 190 valence electrons. The molecule has 2 bridgehead atoms. The van der Waals surface area contributed by atoms with Gasteiger partial charge in [-0.3, -0.25) is 14.4 Å². The molecule has 3 aliphatic rings. The molecule has 0 radical (unpaired) electrons. The number of amides is 2. The van der Waals surface area contributed by atoms with Crippen LogP contribution in [-0.4, -0.2) is 69.6 Å². The molecule has 9 heteroatoms. The summed E-state index contributed by atoms with van der Waals surface area (Å²) in [6.45, 7) is 9.58. The number of thioether (sulfide) groups is 1. The number of likely N-dealkylation sites (tertiary alicyclic amines) is 1. The molecule has 3 saturated heterocycles. The van der Waals surface area contributed by atoms with Gasteiger partial charge in [-0.15, -0.1) is 18.3 Å². The summed E-state index contributed by atoms with van der Waals surface area (Å²) >= 11 is 8.06. The number of nitrogens with zero attached hydrogens (tertiary/aromatic N) is 2. The Morgan fingerprint density at radius 2 is 2.11 bits per heavy atom. The number of halogens is 1. The average molecular weight is 521 g/mol. The molecule has 35 heavy (non-hydrogen) atoms. The molecule has 0 aliphatic carbocycles. The van der Waals surface area contributed by atoms with Crippen LogP contribution in [0.2, 0.25) is 5.02 Å². The standard InChI is InChI=1S/C26H33ClN2O5S/c1-5-13-28(17-10-8-7-9-16(17)27)24(32)22-26-12-11-19(35-26)20(25(33)34-6-2)21(26)23(31)29(22)18(14-30)15(3)4/h5,7-10,15,18-22,30H,1,6,11-14H2,2-4H3/t18-,19-,20+,21-,22?,26?/m0/s1. The lowest BCUT2D eigenvalue weighted by molar-refractivity contribution is -0.154. The highest BCUT2D eigenvalue weighted by Crippen LogP contribution is 2.67. The summed E-state index contributed by atoms with van der Waals surface area (Å²) in [4.78, 5) is 44.6. The van der Waals surface area contributed by atoms with Gasteiger partial charge in [0.2, 0.25) is 5.91 Å². The van der Waals surface area contributed by atoms with Crippen LogP contribution in [0.25, 0.3) is 0 Å². The molecule has 1 spiro atoms. The summed E-state index contributed by atoms with van der Waals surface area (Å²) in [6.07, 6.45) is 3.00. The molecule has 4 rings (SSSR count). The Balaban J connectivity index is 1.84. The van der Waals surface area contributed by atoms with Crippen LogP contribution in [-0.2, 0) is 19.1 Å². The maximum absolute atomic E-state index is 14.4. The molecule has 0 saturated carbocycles. The Morgan fingerprint density at radius 3 is 2.71 bits per heavy atom. The van der Waals surface area contributed by atoms with Crippen molar-refractivity contribution in [2.75, 3.05) is 24.7 Å². The van der Waals surface area contributed by atoms with E-state index < -0.39 is 28.7 Å². The fourth-order valence-corrected chi connectivity index (χ4v) is 8.53. The van der Waals surface area contributed by atoms with Gasteiger partial charge in [0, 0.05) is 11.8 Å². The quantitative estimate of drug-likeness (QED) is 0.396. The number of hydrogen-bond donors (Lipinski definition) is 1. The number of aliphatic hydroxyl groups excluding tert-OH is 1. The molecule has 2 amide bonds. The van der Waals surface area contributed by atoms with E-state index in [4.69, 9.17) is 16.3 Å². The van der Waals surface area contributed by atoms with Gasteiger partial charge >= 0.3 is 5.97 Å². The molecule has 3 fully saturated rings. The van der Waals surface area contributed by atoms with Crippen LogP contribution < -0.4 is 4.90 Å². The normalized spacial score (nSPS) is 29.9. The maximum Gasteiger partial charge on any atom is 0.310 e. The summed E-state index contributed by atoms with van der Waals surface area (Å²) in [5.41, 5.74) is 0.538. The summed E-state index contributed by atoms with van der Waals surface area (Å²) in [6, 6.07) is 5.69. The van der Waals surface area contributed by atoms with E-state index >= 15 is 0 Å². The van der Waals surface area contributed by atoms with Crippen molar-refractivity contribution >= 4 is 46.8 Å². The van der Waals surface area contributed by atoms with E-state index in [9.17, 15) is 19.5 Å². The van der Waals surface area contributed by atoms with Crippen molar-refractivity contribution in [1.29, 1.82) is 0 Å². The highest BCUT2D eigenvalue weighted by molar-refractivity contribution is 8.02. The molecular weight excluding hydrogens is 488 g/mol. The van der Waals surface area contributed by atoms with Crippen molar-refractivity contribution in [1.82, 2.24) is 4.90 Å². The molecule has 3 heterocycles. The van der Waals surface area contributed by atoms with Gasteiger partial charge in [0.25, 0.3) is 5.91 Å². The molecule has 3 aliphatic heterocycles. The zero-order valence-electron chi connectivity index (χ0n) is 20.4. The Kier molecular flexibility index (Phi) is 7.55. The number of carbonyl (C=O) groups excluding carboxylic acids is 3. The van der Waals surface area contributed by atoms with Gasteiger partial charge in [-0.1, -0.05) is 43.7 Å². The minimum atomic E-state index is -0.842. The summed E-state index contributed by atoms with van der Waals surface area (Å²) in [7, 11) is 0. The smallest absolute Gasteiger partial charge is 0.310 e. The second-order valence-electron chi connectivity index (χ2n) is 9.74. The predicted molar refractivity (Wildman–Crippen MR) is 137 cm³/mol. The number of fused-ring (bicyclic) bond motifs is 1. The van der Waals surface area contributed by atoms with E-state index in [0.717, 1.165) is 6.42 Å². The molecule has 1 aromatic carbocycles. The van der Waals surface area contributed by atoms with Crippen molar-refractivity contribution in [3.8, 4) is 0 Å². The van der Waals surface area contributed by atoms with Gasteiger partial charge < -0.3 is 19.6 Å². The second kappa shape index (κ2) is 10.1. The van der Waals surface area contributed by atoms with Crippen LogP contribution in [0.15, 0.2) is 36.9 Å². The van der Waals surface area contributed by atoms with Gasteiger partial charge in [0.15, 0.2) is 0 Å². The van der Waals surface area contributed by atoms with Crippen LogP contribution in [0.3, 0.4) is 0 Å². The first-order chi connectivity index (χ1) is 16.7. The Morgan fingerprint density at radius 1 is 1.40 bits per heavy atom. The molecule has 6 atom stereocenters. The minimum Gasteiger partial charge on any atom is -0.466 e. The van der Waals surface area contributed by atoms with Crippen LogP contribution in [0.4, 0.5) is 5.69 Å². The number of rotatable bonds is 9. The summed E-state index contributed by atoms with van der Waals surface area (Å²) in [5, 5.41) is 10.7. The Hall–Kier alpha value is -2.03. The zero-order chi connectivity index (χ0) is 25.5. The molecule has 2 unspecified atom stereocenters. The monoisotopic (exact) mass is 520 g/mol. The van der Waals surface area contributed by atoms with Crippen molar-refractivity contribution in [2.45, 2.75) is 55.7 Å². The number of benzene rings is 1. The summed E-state index contributed by atoms with van der Waals surface area (Å²) < 4.78 is 4.60. The lowest BCUT2D eigenvalue weighted by atomic mass is 9.71. The van der Waals surface area contributed by atoms with Gasteiger partial charge in [-0.05, 0) is 37.8 Å².